The molecule has 40 heavy (non-hydrogen) atoms. The molecule has 3 aliphatic heterocycles. The van der Waals surface area contributed by atoms with Crippen molar-refractivity contribution in [3.8, 4) is 23.2 Å². The van der Waals surface area contributed by atoms with Gasteiger partial charge in [0.05, 0.1) is 43.3 Å². The van der Waals surface area contributed by atoms with Gasteiger partial charge in [0, 0.05) is 56.5 Å². The van der Waals surface area contributed by atoms with Crippen molar-refractivity contribution in [1.82, 2.24) is 19.9 Å². The molecule has 0 unspecified atom stereocenters. The summed E-state index contributed by atoms with van der Waals surface area (Å²) in [6, 6.07) is 14.2. The molecule has 11 heteroatoms. The fraction of sp³-hybridized carbons (Fsp3) is 0.414. The Morgan fingerprint density at radius 2 is 1.85 bits per heavy atom. The normalized spacial score (nSPS) is 18.2. The number of rotatable bonds is 7. The van der Waals surface area contributed by atoms with Gasteiger partial charge in [0.25, 0.3) is 0 Å². The number of carbonyl (C=O) groups excluding carboxylic acids is 1. The van der Waals surface area contributed by atoms with Gasteiger partial charge < -0.3 is 24.6 Å². The van der Waals surface area contributed by atoms with E-state index in [2.05, 4.69) is 42.2 Å². The number of methoxy groups -OCH3 is 1. The maximum absolute atomic E-state index is 12.4. The van der Waals surface area contributed by atoms with Crippen molar-refractivity contribution < 1.29 is 14.3 Å². The van der Waals surface area contributed by atoms with Crippen molar-refractivity contribution >= 4 is 28.9 Å². The number of piperazine rings is 1. The third-order valence-electron chi connectivity index (χ3n) is 7.79. The van der Waals surface area contributed by atoms with Crippen molar-refractivity contribution in [1.29, 1.82) is 5.26 Å². The van der Waals surface area contributed by atoms with Gasteiger partial charge in [-0.2, -0.15) is 10.2 Å². The summed E-state index contributed by atoms with van der Waals surface area (Å²) in [6.07, 6.45) is 3.77. The van der Waals surface area contributed by atoms with Crippen molar-refractivity contribution in [2.75, 3.05) is 68.2 Å². The molecule has 206 valence electrons. The van der Waals surface area contributed by atoms with Crippen LogP contribution < -0.4 is 19.9 Å². The number of nitriles is 1. The van der Waals surface area contributed by atoms with Gasteiger partial charge in [0.2, 0.25) is 11.9 Å². The van der Waals surface area contributed by atoms with Crippen LogP contribution in [0.1, 0.15) is 24.8 Å². The van der Waals surface area contributed by atoms with Gasteiger partial charge in [0.1, 0.15) is 18.1 Å². The summed E-state index contributed by atoms with van der Waals surface area (Å²) in [6.45, 7) is 6.19. The maximum atomic E-state index is 12.4. The highest BCUT2D eigenvalue weighted by Gasteiger charge is 2.29. The Labute approximate surface area is 233 Å². The van der Waals surface area contributed by atoms with Gasteiger partial charge in [-0.05, 0) is 43.2 Å². The van der Waals surface area contributed by atoms with Gasteiger partial charge >= 0.3 is 0 Å². The van der Waals surface area contributed by atoms with E-state index >= 15 is 0 Å². The summed E-state index contributed by atoms with van der Waals surface area (Å²) in [5.41, 5.74) is 3.58. The second-order valence-corrected chi connectivity index (χ2v) is 10.2. The Bertz CT molecular complexity index is 1430. The number of carbonyl (C=O) groups is 1. The van der Waals surface area contributed by atoms with E-state index in [0.29, 0.717) is 47.6 Å². The van der Waals surface area contributed by atoms with Gasteiger partial charge in [-0.3, -0.25) is 9.69 Å². The van der Waals surface area contributed by atoms with E-state index in [1.165, 1.54) is 6.33 Å². The van der Waals surface area contributed by atoms with E-state index in [1.807, 2.05) is 18.2 Å². The number of nitrogens with one attached hydrogen (secondary N) is 1. The molecular formula is C29H32N8O3. The molecule has 0 aliphatic carbocycles. The molecule has 0 radical (unpaired) electrons. The number of anilines is 4. The highest BCUT2D eigenvalue weighted by molar-refractivity contribution is 5.95. The SMILES string of the molecule is COc1cc(Nc2ncnc(-c3ccc(N4CCCCC4=O)c(C#N)c3)n2)ccc1N1CCN(C2COC2)CC1. The van der Waals surface area contributed by atoms with Crippen LogP contribution in [-0.4, -0.2) is 84.8 Å². The molecule has 1 N–H and O–H groups in total. The predicted molar refractivity (Wildman–Crippen MR) is 151 cm³/mol. The predicted octanol–water partition coefficient (Wildman–Crippen LogP) is 3.20. The fourth-order valence-corrected chi connectivity index (χ4v) is 5.46. The first-order valence-corrected chi connectivity index (χ1v) is 13.7. The monoisotopic (exact) mass is 540 g/mol. The lowest BCUT2D eigenvalue weighted by molar-refractivity contribution is -0.119. The van der Waals surface area contributed by atoms with Crippen LogP contribution in [0.5, 0.6) is 5.75 Å². The molecule has 4 heterocycles. The number of hydrogen-bond acceptors (Lipinski definition) is 10. The molecule has 3 aromatic rings. The third-order valence-corrected chi connectivity index (χ3v) is 7.79. The maximum Gasteiger partial charge on any atom is 0.230 e. The highest BCUT2D eigenvalue weighted by Crippen LogP contribution is 2.33. The van der Waals surface area contributed by atoms with Crippen molar-refractivity contribution in [3.63, 3.8) is 0 Å². The number of ether oxygens (including phenoxy) is 2. The van der Waals surface area contributed by atoms with Crippen molar-refractivity contribution in [3.05, 3.63) is 48.3 Å². The summed E-state index contributed by atoms with van der Waals surface area (Å²) < 4.78 is 11.1. The molecule has 1 aromatic heterocycles. The lowest BCUT2D eigenvalue weighted by Gasteiger charge is -2.43. The van der Waals surface area contributed by atoms with Gasteiger partial charge in [-0.25, -0.2) is 9.97 Å². The Kier molecular flexibility index (Phi) is 7.44. The minimum Gasteiger partial charge on any atom is -0.495 e. The van der Waals surface area contributed by atoms with E-state index in [0.717, 1.165) is 69.4 Å². The zero-order valence-electron chi connectivity index (χ0n) is 22.5. The third kappa shape index (κ3) is 5.28. The van der Waals surface area contributed by atoms with Crippen LogP contribution in [0.4, 0.5) is 23.0 Å². The minimum atomic E-state index is 0.0506. The average Bonchev–Trinajstić information content (AvgIpc) is 2.97. The first-order chi connectivity index (χ1) is 19.6. The smallest absolute Gasteiger partial charge is 0.230 e. The van der Waals surface area contributed by atoms with E-state index < -0.39 is 0 Å². The van der Waals surface area contributed by atoms with Gasteiger partial charge in [-0.15, -0.1) is 0 Å². The number of aromatic nitrogens is 3. The molecule has 6 rings (SSSR count). The van der Waals surface area contributed by atoms with Crippen molar-refractivity contribution in [2.45, 2.75) is 25.3 Å². The second kappa shape index (κ2) is 11.5. The lowest BCUT2D eigenvalue weighted by Crippen LogP contribution is -2.56. The summed E-state index contributed by atoms with van der Waals surface area (Å²) in [5.74, 6) is 1.64. The van der Waals surface area contributed by atoms with E-state index in [4.69, 9.17) is 9.47 Å². The van der Waals surface area contributed by atoms with Gasteiger partial charge in [0.15, 0.2) is 5.82 Å². The zero-order chi connectivity index (χ0) is 27.5. The Morgan fingerprint density at radius 1 is 1.02 bits per heavy atom. The topological polar surface area (TPSA) is 120 Å². The molecule has 0 spiro atoms. The van der Waals surface area contributed by atoms with Gasteiger partial charge in [-0.1, -0.05) is 0 Å². The summed E-state index contributed by atoms with van der Waals surface area (Å²) >= 11 is 0. The average molecular weight is 541 g/mol. The summed E-state index contributed by atoms with van der Waals surface area (Å²) in [4.78, 5) is 32.2. The molecule has 3 aliphatic rings. The molecular weight excluding hydrogens is 508 g/mol. The van der Waals surface area contributed by atoms with Crippen LogP contribution in [0.15, 0.2) is 42.7 Å². The summed E-state index contributed by atoms with van der Waals surface area (Å²) in [5, 5.41) is 13.0. The quantitative estimate of drug-likeness (QED) is 0.478. The largest absolute Gasteiger partial charge is 0.495 e. The van der Waals surface area contributed by atoms with Crippen LogP contribution in [0.25, 0.3) is 11.4 Å². The van der Waals surface area contributed by atoms with Crippen LogP contribution >= 0.6 is 0 Å². The molecule has 2 aromatic carbocycles. The molecule has 0 atom stereocenters. The number of amides is 1. The summed E-state index contributed by atoms with van der Waals surface area (Å²) in [7, 11) is 1.68. The lowest BCUT2D eigenvalue weighted by atomic mass is 10.0. The molecule has 3 saturated heterocycles. The molecule has 3 fully saturated rings. The molecule has 1 amide bonds. The van der Waals surface area contributed by atoms with Crippen LogP contribution in [0.2, 0.25) is 0 Å². The Hall–Kier alpha value is -4.27. The second-order valence-electron chi connectivity index (χ2n) is 10.2. The van der Waals surface area contributed by atoms with E-state index in [9.17, 15) is 10.1 Å². The number of piperidine rings is 1. The Morgan fingerprint density at radius 3 is 2.58 bits per heavy atom. The van der Waals surface area contributed by atoms with E-state index in [1.54, 1.807) is 24.1 Å². The number of benzene rings is 2. The van der Waals surface area contributed by atoms with Crippen LogP contribution in [-0.2, 0) is 9.53 Å². The molecule has 0 bridgehead atoms. The number of hydrogen-bond donors (Lipinski definition) is 1. The van der Waals surface area contributed by atoms with E-state index in [-0.39, 0.29) is 5.91 Å². The zero-order valence-corrected chi connectivity index (χ0v) is 22.5. The Balaban J connectivity index is 1.17. The number of nitrogens with zero attached hydrogens (tertiary/aromatic N) is 7. The molecule has 0 saturated carbocycles. The molecule has 11 nitrogen and oxygen atoms in total. The van der Waals surface area contributed by atoms with Crippen molar-refractivity contribution in [2.24, 2.45) is 0 Å². The first kappa shape index (κ1) is 26.0. The van der Waals surface area contributed by atoms with Crippen LogP contribution in [0, 0.1) is 11.3 Å². The van der Waals surface area contributed by atoms with Crippen LogP contribution in [0.3, 0.4) is 0 Å². The first-order valence-electron chi connectivity index (χ1n) is 13.7. The highest BCUT2D eigenvalue weighted by atomic mass is 16.5. The fourth-order valence-electron chi connectivity index (χ4n) is 5.46. The standard InChI is InChI=1S/C29H32N8O3/c1-39-26-15-22(6-8-25(26)36-12-10-35(11-13-36)23-17-40-18-23)33-29-32-19-31-28(34-29)20-5-7-24(21(14-20)16-30)37-9-3-2-4-27(37)38/h5-8,14-15,19,23H,2-4,9-13,17-18H2,1H3,(H,31,32,33,34). The minimum absolute atomic E-state index is 0.0506.